The predicted molar refractivity (Wildman–Crippen MR) is 68.7 cm³/mol. The maximum absolute atomic E-state index is 11.5. The van der Waals surface area contributed by atoms with E-state index in [0.717, 1.165) is 5.69 Å². The van der Waals surface area contributed by atoms with Gasteiger partial charge in [0.1, 0.15) is 6.04 Å². The molecule has 1 heterocycles. The monoisotopic (exact) mass is 283 g/mol. The van der Waals surface area contributed by atoms with Crippen LogP contribution in [0.3, 0.4) is 0 Å². The van der Waals surface area contributed by atoms with Gasteiger partial charge in [0.25, 0.3) is 0 Å². The minimum atomic E-state index is -1.21. The van der Waals surface area contributed by atoms with Gasteiger partial charge in [0.05, 0.1) is 6.33 Å². The Kier molecular flexibility index (Phi) is 6.01. The highest BCUT2D eigenvalue weighted by Gasteiger charge is 2.20. The zero-order valence-corrected chi connectivity index (χ0v) is 10.8. The van der Waals surface area contributed by atoms with E-state index in [9.17, 15) is 14.4 Å². The van der Waals surface area contributed by atoms with Crippen LogP contribution in [0.5, 0.6) is 0 Å². The lowest BCUT2D eigenvalue weighted by atomic mass is 10.1. The fourth-order valence-electron chi connectivity index (χ4n) is 1.49. The summed E-state index contributed by atoms with van der Waals surface area (Å²) in [6.45, 7) is 0.330. The molecule has 0 bridgehead atoms. The number of carboxylic acid groups (broad SMARTS) is 1. The molecule has 0 aliphatic heterocycles. The van der Waals surface area contributed by atoms with E-state index >= 15 is 0 Å². The molecular weight excluding hydrogens is 266 g/mol. The molecular formula is C11H17N5O4. The molecule has 0 saturated carbocycles. The topological polar surface area (TPSA) is 150 Å². The zero-order chi connectivity index (χ0) is 15.0. The van der Waals surface area contributed by atoms with Crippen molar-refractivity contribution >= 4 is 17.9 Å². The van der Waals surface area contributed by atoms with Gasteiger partial charge in [-0.25, -0.2) is 14.6 Å². The summed E-state index contributed by atoms with van der Waals surface area (Å²) in [6, 6.07) is -1.75. The zero-order valence-electron chi connectivity index (χ0n) is 10.8. The van der Waals surface area contributed by atoms with Crippen LogP contribution >= 0.6 is 0 Å². The number of urea groups is 1. The Bertz CT molecular complexity index is 459. The highest BCUT2D eigenvalue weighted by Crippen LogP contribution is 1.97. The van der Waals surface area contributed by atoms with Crippen molar-refractivity contribution in [1.82, 2.24) is 20.6 Å². The highest BCUT2D eigenvalue weighted by atomic mass is 16.4. The number of primary amides is 1. The Balaban J connectivity index is 2.30. The summed E-state index contributed by atoms with van der Waals surface area (Å²) in [5.41, 5.74) is 5.79. The molecule has 1 aromatic heterocycles. The highest BCUT2D eigenvalue weighted by molar-refractivity contribution is 5.83. The third-order valence-electron chi connectivity index (χ3n) is 2.52. The van der Waals surface area contributed by atoms with Crippen molar-refractivity contribution in [2.75, 3.05) is 6.54 Å². The van der Waals surface area contributed by atoms with Crippen molar-refractivity contribution in [1.29, 1.82) is 0 Å². The van der Waals surface area contributed by atoms with Crippen LogP contribution in [-0.4, -0.2) is 45.6 Å². The second-order valence-electron chi connectivity index (χ2n) is 4.12. The second-order valence-corrected chi connectivity index (χ2v) is 4.12. The molecule has 0 aliphatic rings. The van der Waals surface area contributed by atoms with E-state index in [1.807, 2.05) is 0 Å². The quantitative estimate of drug-likeness (QED) is 0.413. The van der Waals surface area contributed by atoms with Gasteiger partial charge in [0.2, 0.25) is 5.91 Å². The first-order valence-corrected chi connectivity index (χ1v) is 6.01. The first-order chi connectivity index (χ1) is 9.49. The fraction of sp³-hybridized carbons (Fsp3) is 0.455. The molecule has 0 unspecified atom stereocenters. The van der Waals surface area contributed by atoms with Crippen molar-refractivity contribution < 1.29 is 19.5 Å². The number of nitrogens with one attached hydrogen (secondary N) is 3. The number of nitrogens with zero attached hydrogens (tertiary/aromatic N) is 1. The Morgan fingerprint density at radius 3 is 2.75 bits per heavy atom. The largest absolute Gasteiger partial charge is 0.480 e. The number of hydrogen-bond acceptors (Lipinski definition) is 4. The molecule has 0 fully saturated rings. The molecule has 1 atom stereocenters. The third-order valence-corrected chi connectivity index (χ3v) is 2.52. The Hall–Kier alpha value is -2.58. The number of hydrogen-bond donors (Lipinski definition) is 5. The van der Waals surface area contributed by atoms with Crippen LogP contribution in [0.15, 0.2) is 12.5 Å². The molecule has 0 spiro atoms. The third kappa shape index (κ3) is 5.85. The minimum absolute atomic E-state index is 0.0430. The lowest BCUT2D eigenvalue weighted by Gasteiger charge is -2.14. The van der Waals surface area contributed by atoms with E-state index in [4.69, 9.17) is 10.8 Å². The van der Waals surface area contributed by atoms with Crippen LogP contribution in [0.25, 0.3) is 0 Å². The van der Waals surface area contributed by atoms with Crippen LogP contribution in [0, 0.1) is 0 Å². The van der Waals surface area contributed by atoms with E-state index < -0.39 is 23.9 Å². The number of carboxylic acids is 1. The number of rotatable bonds is 8. The van der Waals surface area contributed by atoms with Gasteiger partial charge < -0.3 is 26.5 Å². The van der Waals surface area contributed by atoms with Gasteiger partial charge in [0.15, 0.2) is 0 Å². The van der Waals surface area contributed by atoms with E-state index in [1.54, 1.807) is 6.20 Å². The van der Waals surface area contributed by atoms with Crippen LogP contribution in [0.4, 0.5) is 4.79 Å². The summed E-state index contributed by atoms with van der Waals surface area (Å²) in [4.78, 5) is 39.7. The SMILES string of the molecule is NC(=O)CC[C@@H](NC(=O)NCCc1cnc[nH]1)C(=O)O. The van der Waals surface area contributed by atoms with Crippen LogP contribution in [0.1, 0.15) is 18.5 Å². The van der Waals surface area contributed by atoms with Crippen LogP contribution in [0.2, 0.25) is 0 Å². The average Bonchev–Trinajstić information content (AvgIpc) is 2.87. The number of carbonyl (C=O) groups excluding carboxylic acids is 2. The summed E-state index contributed by atoms with van der Waals surface area (Å²) in [7, 11) is 0. The van der Waals surface area contributed by atoms with Gasteiger partial charge in [-0.1, -0.05) is 0 Å². The van der Waals surface area contributed by atoms with Gasteiger partial charge >= 0.3 is 12.0 Å². The molecule has 1 aromatic rings. The van der Waals surface area contributed by atoms with Crippen molar-refractivity contribution in [2.24, 2.45) is 5.73 Å². The van der Waals surface area contributed by atoms with Gasteiger partial charge in [-0.3, -0.25) is 4.79 Å². The van der Waals surface area contributed by atoms with E-state index in [-0.39, 0.29) is 12.8 Å². The summed E-state index contributed by atoms with van der Waals surface area (Å²) in [5.74, 6) is -1.83. The number of imidazole rings is 1. The maximum atomic E-state index is 11.5. The Morgan fingerprint density at radius 2 is 2.20 bits per heavy atom. The molecule has 9 nitrogen and oxygen atoms in total. The van der Waals surface area contributed by atoms with Crippen LogP contribution < -0.4 is 16.4 Å². The number of amides is 3. The first-order valence-electron chi connectivity index (χ1n) is 6.01. The van der Waals surface area contributed by atoms with E-state index in [0.29, 0.717) is 13.0 Å². The average molecular weight is 283 g/mol. The molecule has 0 radical (unpaired) electrons. The maximum Gasteiger partial charge on any atom is 0.326 e. The van der Waals surface area contributed by atoms with E-state index in [1.165, 1.54) is 6.33 Å². The molecule has 0 aromatic carbocycles. The van der Waals surface area contributed by atoms with Crippen molar-refractivity contribution in [3.05, 3.63) is 18.2 Å². The molecule has 0 saturated heterocycles. The minimum Gasteiger partial charge on any atom is -0.480 e. The molecule has 9 heteroatoms. The Morgan fingerprint density at radius 1 is 1.45 bits per heavy atom. The van der Waals surface area contributed by atoms with Crippen LogP contribution in [-0.2, 0) is 16.0 Å². The summed E-state index contributed by atoms with van der Waals surface area (Å²) in [5, 5.41) is 13.7. The standard InChI is InChI=1S/C11H17N5O4/c12-9(17)2-1-8(10(18)19)16-11(20)14-4-3-7-5-13-6-15-7/h5-6,8H,1-4H2,(H2,12,17)(H,13,15)(H,18,19)(H2,14,16,20)/t8-/m1/s1. The smallest absolute Gasteiger partial charge is 0.326 e. The lowest BCUT2D eigenvalue weighted by Crippen LogP contribution is -2.46. The number of aliphatic carboxylic acids is 1. The summed E-state index contributed by atoms with van der Waals surface area (Å²) >= 11 is 0. The van der Waals surface area contributed by atoms with Crippen molar-refractivity contribution in [2.45, 2.75) is 25.3 Å². The number of aromatic amines is 1. The Labute approximate surface area is 114 Å². The summed E-state index contributed by atoms with van der Waals surface area (Å²) in [6.07, 6.45) is 3.56. The number of carbonyl (C=O) groups is 3. The van der Waals surface area contributed by atoms with Gasteiger partial charge in [-0.2, -0.15) is 0 Å². The first kappa shape index (κ1) is 15.5. The lowest BCUT2D eigenvalue weighted by molar-refractivity contribution is -0.139. The fourth-order valence-corrected chi connectivity index (χ4v) is 1.49. The van der Waals surface area contributed by atoms with E-state index in [2.05, 4.69) is 20.6 Å². The molecule has 3 amide bonds. The number of nitrogens with two attached hydrogens (primary N) is 1. The molecule has 20 heavy (non-hydrogen) atoms. The van der Waals surface area contributed by atoms with Gasteiger partial charge in [-0.05, 0) is 6.42 Å². The molecule has 1 rings (SSSR count). The molecule has 0 aliphatic carbocycles. The van der Waals surface area contributed by atoms with Gasteiger partial charge in [-0.15, -0.1) is 0 Å². The predicted octanol–water partition coefficient (Wildman–Crippen LogP) is -1.03. The second kappa shape index (κ2) is 7.77. The number of aromatic nitrogens is 2. The number of H-pyrrole nitrogens is 1. The normalized spacial score (nSPS) is 11.6. The molecule has 6 N–H and O–H groups in total. The summed E-state index contributed by atoms with van der Waals surface area (Å²) < 4.78 is 0. The van der Waals surface area contributed by atoms with Crippen molar-refractivity contribution in [3.8, 4) is 0 Å². The van der Waals surface area contributed by atoms with Crippen molar-refractivity contribution in [3.63, 3.8) is 0 Å². The van der Waals surface area contributed by atoms with Gasteiger partial charge in [0, 0.05) is 31.3 Å². The molecule has 110 valence electrons.